The molecule has 2 rings (SSSR count). The minimum Gasteiger partial charge on any atom is -0.479 e. The minimum absolute atomic E-state index is 0.432. The molecular formula is C11H14N4O2S. The molecule has 0 amide bonds. The number of aliphatic carboxylic acids is 1. The average molecular weight is 266 g/mol. The first-order chi connectivity index (χ1) is 8.65. The number of hydrogen-bond acceptors (Lipinski definition) is 5. The first-order valence-electron chi connectivity index (χ1n) is 5.70. The molecule has 7 heteroatoms. The third-order valence-corrected chi connectivity index (χ3v) is 3.91. The third kappa shape index (κ3) is 1.80. The summed E-state index contributed by atoms with van der Waals surface area (Å²) in [5.41, 5.74) is -0.238. The number of rotatable bonds is 5. The van der Waals surface area contributed by atoms with Crippen LogP contribution in [-0.4, -0.2) is 31.3 Å². The van der Waals surface area contributed by atoms with E-state index in [1.807, 2.05) is 30.7 Å². The SMILES string of the molecule is CCC(CC)(C(=O)O)n1nnnc1-c1ccsc1. The van der Waals surface area contributed by atoms with Gasteiger partial charge in [0.15, 0.2) is 11.4 Å². The van der Waals surface area contributed by atoms with Crippen LogP contribution >= 0.6 is 11.3 Å². The van der Waals surface area contributed by atoms with E-state index in [1.54, 1.807) is 0 Å². The normalized spacial score (nSPS) is 11.7. The highest BCUT2D eigenvalue weighted by atomic mass is 32.1. The van der Waals surface area contributed by atoms with E-state index in [9.17, 15) is 9.90 Å². The number of carboxylic acid groups (broad SMARTS) is 1. The highest BCUT2D eigenvalue weighted by Gasteiger charge is 2.40. The summed E-state index contributed by atoms with van der Waals surface area (Å²) in [6, 6.07) is 1.88. The van der Waals surface area contributed by atoms with Crippen LogP contribution in [0, 0.1) is 0 Å². The molecule has 96 valence electrons. The maximum atomic E-state index is 11.6. The van der Waals surface area contributed by atoms with Crippen molar-refractivity contribution in [3.8, 4) is 11.4 Å². The second-order valence-corrected chi connectivity index (χ2v) is 4.75. The number of nitrogens with zero attached hydrogens (tertiary/aromatic N) is 4. The van der Waals surface area contributed by atoms with Crippen LogP contribution in [0.2, 0.25) is 0 Å². The number of carbonyl (C=O) groups is 1. The second-order valence-electron chi connectivity index (χ2n) is 3.97. The number of carboxylic acids is 1. The van der Waals surface area contributed by atoms with Gasteiger partial charge in [0.05, 0.1) is 0 Å². The molecule has 0 fully saturated rings. The van der Waals surface area contributed by atoms with E-state index >= 15 is 0 Å². The van der Waals surface area contributed by atoms with E-state index in [2.05, 4.69) is 15.5 Å². The van der Waals surface area contributed by atoms with Gasteiger partial charge in [0.25, 0.3) is 0 Å². The zero-order chi connectivity index (χ0) is 13.2. The van der Waals surface area contributed by atoms with Crippen molar-refractivity contribution in [3.05, 3.63) is 16.8 Å². The van der Waals surface area contributed by atoms with E-state index < -0.39 is 11.5 Å². The monoisotopic (exact) mass is 266 g/mol. The van der Waals surface area contributed by atoms with Gasteiger partial charge in [-0.15, -0.1) is 5.10 Å². The zero-order valence-electron chi connectivity index (χ0n) is 10.2. The molecule has 6 nitrogen and oxygen atoms in total. The molecule has 0 saturated heterocycles. The lowest BCUT2D eigenvalue weighted by Crippen LogP contribution is -2.42. The van der Waals surface area contributed by atoms with Gasteiger partial charge in [-0.2, -0.15) is 11.3 Å². The molecule has 0 unspecified atom stereocenters. The molecule has 18 heavy (non-hydrogen) atoms. The fraction of sp³-hybridized carbons (Fsp3) is 0.455. The predicted molar refractivity (Wildman–Crippen MR) is 67.3 cm³/mol. The van der Waals surface area contributed by atoms with Crippen molar-refractivity contribution in [2.45, 2.75) is 32.2 Å². The van der Waals surface area contributed by atoms with Crippen LogP contribution in [0.15, 0.2) is 16.8 Å². The Kier molecular flexibility index (Phi) is 3.42. The summed E-state index contributed by atoms with van der Waals surface area (Å²) >= 11 is 1.52. The maximum absolute atomic E-state index is 11.6. The van der Waals surface area contributed by atoms with Crippen molar-refractivity contribution >= 4 is 17.3 Å². The number of tetrazole rings is 1. The standard InChI is InChI=1S/C11H14N4O2S/c1-3-11(4-2,10(16)17)15-9(12-13-14-15)8-5-6-18-7-8/h5-7H,3-4H2,1-2H3,(H,16,17). The Hall–Kier alpha value is -1.76. The lowest BCUT2D eigenvalue weighted by atomic mass is 9.93. The van der Waals surface area contributed by atoms with Crippen LogP contribution in [0.1, 0.15) is 26.7 Å². The van der Waals surface area contributed by atoms with Crippen LogP contribution in [0.3, 0.4) is 0 Å². The van der Waals surface area contributed by atoms with Gasteiger partial charge in [0.1, 0.15) is 0 Å². The Morgan fingerprint density at radius 1 is 1.50 bits per heavy atom. The van der Waals surface area contributed by atoms with Crippen molar-refractivity contribution in [3.63, 3.8) is 0 Å². The van der Waals surface area contributed by atoms with E-state index in [1.165, 1.54) is 16.0 Å². The Balaban J connectivity index is 2.57. The molecule has 2 aromatic rings. The van der Waals surface area contributed by atoms with Crippen LogP contribution < -0.4 is 0 Å². The summed E-state index contributed by atoms with van der Waals surface area (Å²) in [7, 11) is 0. The van der Waals surface area contributed by atoms with Crippen molar-refractivity contribution in [1.82, 2.24) is 20.2 Å². The van der Waals surface area contributed by atoms with Crippen molar-refractivity contribution in [2.75, 3.05) is 0 Å². The van der Waals surface area contributed by atoms with E-state index in [4.69, 9.17) is 0 Å². The van der Waals surface area contributed by atoms with Gasteiger partial charge < -0.3 is 5.11 Å². The van der Waals surface area contributed by atoms with Gasteiger partial charge in [0, 0.05) is 10.9 Å². The van der Waals surface area contributed by atoms with Gasteiger partial charge in [-0.25, -0.2) is 9.48 Å². The second kappa shape index (κ2) is 4.85. The van der Waals surface area contributed by atoms with Crippen LogP contribution in [-0.2, 0) is 10.3 Å². The molecule has 0 aliphatic rings. The fourth-order valence-corrected chi connectivity index (χ4v) is 2.62. The Morgan fingerprint density at radius 2 is 2.22 bits per heavy atom. The third-order valence-electron chi connectivity index (χ3n) is 3.22. The molecule has 0 aromatic carbocycles. The van der Waals surface area contributed by atoms with Gasteiger partial charge in [-0.05, 0) is 34.7 Å². The molecule has 1 N–H and O–H groups in total. The summed E-state index contributed by atoms with van der Waals surface area (Å²) in [5, 5.41) is 24.8. The highest BCUT2D eigenvalue weighted by Crippen LogP contribution is 2.30. The topological polar surface area (TPSA) is 80.9 Å². The van der Waals surface area contributed by atoms with E-state index in [-0.39, 0.29) is 0 Å². The van der Waals surface area contributed by atoms with E-state index in [0.29, 0.717) is 18.7 Å². The van der Waals surface area contributed by atoms with E-state index in [0.717, 1.165) is 5.56 Å². The first kappa shape index (κ1) is 12.7. The molecule has 0 spiro atoms. The van der Waals surface area contributed by atoms with Crippen molar-refractivity contribution in [2.24, 2.45) is 0 Å². The Morgan fingerprint density at radius 3 is 2.72 bits per heavy atom. The molecule has 0 aliphatic heterocycles. The highest BCUT2D eigenvalue weighted by molar-refractivity contribution is 7.08. The minimum atomic E-state index is -1.08. The first-order valence-corrected chi connectivity index (χ1v) is 6.64. The number of hydrogen-bond donors (Lipinski definition) is 1. The van der Waals surface area contributed by atoms with Gasteiger partial charge in [0.2, 0.25) is 0 Å². The van der Waals surface area contributed by atoms with Crippen LogP contribution in [0.25, 0.3) is 11.4 Å². The molecule has 0 atom stereocenters. The van der Waals surface area contributed by atoms with Crippen LogP contribution in [0.4, 0.5) is 0 Å². The number of thiophene rings is 1. The lowest BCUT2D eigenvalue weighted by molar-refractivity contribution is -0.148. The summed E-state index contributed by atoms with van der Waals surface area (Å²) in [4.78, 5) is 11.6. The number of aromatic nitrogens is 4. The van der Waals surface area contributed by atoms with Crippen molar-refractivity contribution < 1.29 is 9.90 Å². The molecule has 2 aromatic heterocycles. The van der Waals surface area contributed by atoms with Gasteiger partial charge in [-0.1, -0.05) is 13.8 Å². The lowest BCUT2D eigenvalue weighted by Gasteiger charge is -2.27. The molecule has 0 bridgehead atoms. The van der Waals surface area contributed by atoms with Gasteiger partial charge >= 0.3 is 5.97 Å². The average Bonchev–Trinajstić information content (AvgIpc) is 3.01. The van der Waals surface area contributed by atoms with Crippen LogP contribution in [0.5, 0.6) is 0 Å². The zero-order valence-corrected chi connectivity index (χ0v) is 11.0. The maximum Gasteiger partial charge on any atom is 0.331 e. The summed E-state index contributed by atoms with van der Waals surface area (Å²) in [6.45, 7) is 3.66. The summed E-state index contributed by atoms with van der Waals surface area (Å²) < 4.78 is 1.43. The summed E-state index contributed by atoms with van der Waals surface area (Å²) in [6.07, 6.45) is 0.863. The van der Waals surface area contributed by atoms with Gasteiger partial charge in [-0.3, -0.25) is 0 Å². The quantitative estimate of drug-likeness (QED) is 0.895. The molecule has 0 radical (unpaired) electrons. The molecule has 2 heterocycles. The molecule has 0 saturated carbocycles. The summed E-state index contributed by atoms with van der Waals surface area (Å²) in [5.74, 6) is -0.404. The Bertz CT molecular complexity index is 531. The largest absolute Gasteiger partial charge is 0.479 e. The van der Waals surface area contributed by atoms with Crippen molar-refractivity contribution in [1.29, 1.82) is 0 Å². The predicted octanol–water partition coefficient (Wildman–Crippen LogP) is 2.00. The smallest absolute Gasteiger partial charge is 0.331 e. The fourth-order valence-electron chi connectivity index (χ4n) is 1.99. The molecular weight excluding hydrogens is 252 g/mol. The molecule has 0 aliphatic carbocycles. The Labute approximate surface area is 108 Å².